The zero-order chi connectivity index (χ0) is 19.7. The molecule has 9 heteroatoms. The molecular formula is C19H21N3O5S. The number of imide groups is 1. The zero-order valence-electron chi connectivity index (χ0n) is 15.3. The fraction of sp³-hybridized carbons (Fsp3) is 0.421. The van der Waals surface area contributed by atoms with E-state index in [0.29, 0.717) is 25.1 Å². The summed E-state index contributed by atoms with van der Waals surface area (Å²) in [6, 6.07) is 11.4. The lowest BCUT2D eigenvalue weighted by molar-refractivity contribution is -0.147. The number of ether oxygens (including phenoxy) is 1. The van der Waals surface area contributed by atoms with Gasteiger partial charge in [0.1, 0.15) is 6.10 Å². The number of nitrogens with zero attached hydrogens (tertiary/aromatic N) is 3. The molecule has 0 unspecified atom stereocenters. The third-order valence-electron chi connectivity index (χ3n) is 5.02. The Balaban J connectivity index is 1.30. The van der Waals surface area contributed by atoms with Crippen LogP contribution in [-0.2, 0) is 19.6 Å². The lowest BCUT2D eigenvalue weighted by Crippen LogP contribution is -2.57. The van der Waals surface area contributed by atoms with Crippen LogP contribution < -0.4 is 4.74 Å². The number of fused-ring (bicyclic) bond motifs is 1. The van der Waals surface area contributed by atoms with Crippen LogP contribution in [0.15, 0.2) is 36.4 Å². The van der Waals surface area contributed by atoms with E-state index in [2.05, 4.69) is 4.98 Å². The number of carbonyl (C=O) groups is 2. The minimum absolute atomic E-state index is 0.0890. The maximum absolute atomic E-state index is 12.4. The van der Waals surface area contributed by atoms with Gasteiger partial charge in [-0.3, -0.25) is 14.5 Å². The highest BCUT2D eigenvalue weighted by Crippen LogP contribution is 2.22. The molecule has 2 aromatic rings. The molecule has 8 nitrogen and oxygen atoms in total. The van der Waals surface area contributed by atoms with Crippen molar-refractivity contribution in [1.29, 1.82) is 0 Å². The smallest absolute Gasteiger partial charge is 0.229 e. The molecule has 2 aliphatic heterocycles. The van der Waals surface area contributed by atoms with Crippen LogP contribution in [0.1, 0.15) is 19.3 Å². The van der Waals surface area contributed by atoms with Crippen molar-refractivity contribution < 1.29 is 22.7 Å². The average Bonchev–Trinajstić information content (AvgIpc) is 2.63. The van der Waals surface area contributed by atoms with Crippen LogP contribution in [-0.4, -0.2) is 65.9 Å². The molecule has 0 aliphatic carbocycles. The summed E-state index contributed by atoms with van der Waals surface area (Å²) in [5.74, 6) is -0.381. The molecule has 3 heterocycles. The van der Waals surface area contributed by atoms with Crippen LogP contribution in [0, 0.1) is 0 Å². The number of rotatable bonds is 6. The standard InChI is InChI=1S/C19H21N3O5S/c23-18-6-3-7-19(24)22(18)10-11-28(25,26)21-12-15(13-21)27-17-9-8-14-4-1-2-5-16(14)20-17/h1-2,4-5,8-9,15H,3,6-7,10-13H2. The van der Waals surface area contributed by atoms with Crippen LogP contribution in [0.25, 0.3) is 10.9 Å². The Morgan fingerprint density at radius 1 is 1.04 bits per heavy atom. The number of hydrogen-bond acceptors (Lipinski definition) is 6. The van der Waals surface area contributed by atoms with E-state index in [1.54, 1.807) is 6.07 Å². The van der Waals surface area contributed by atoms with Crippen molar-refractivity contribution in [2.24, 2.45) is 0 Å². The van der Waals surface area contributed by atoms with Gasteiger partial charge in [0.15, 0.2) is 0 Å². The van der Waals surface area contributed by atoms with Gasteiger partial charge in [-0.05, 0) is 18.6 Å². The van der Waals surface area contributed by atoms with Crippen molar-refractivity contribution in [2.45, 2.75) is 25.4 Å². The van der Waals surface area contributed by atoms with Gasteiger partial charge in [-0.1, -0.05) is 18.2 Å². The van der Waals surface area contributed by atoms with E-state index in [0.717, 1.165) is 15.8 Å². The molecule has 2 saturated heterocycles. The van der Waals surface area contributed by atoms with E-state index in [-0.39, 0.29) is 43.3 Å². The topological polar surface area (TPSA) is 96.9 Å². The predicted octanol–water partition coefficient (Wildman–Crippen LogP) is 1.17. The molecule has 0 spiro atoms. The first-order chi connectivity index (χ1) is 13.4. The van der Waals surface area contributed by atoms with Gasteiger partial charge in [-0.2, -0.15) is 4.31 Å². The SMILES string of the molecule is O=C1CCCC(=O)N1CCS(=O)(=O)N1CC(Oc2ccc3ccccc3n2)C1. The summed E-state index contributed by atoms with van der Waals surface area (Å²) in [6.07, 6.45) is 0.866. The molecule has 2 amide bonds. The summed E-state index contributed by atoms with van der Waals surface area (Å²) in [4.78, 5) is 29.1. The van der Waals surface area contributed by atoms with E-state index in [9.17, 15) is 18.0 Å². The van der Waals surface area contributed by atoms with Gasteiger partial charge in [0.25, 0.3) is 0 Å². The summed E-state index contributed by atoms with van der Waals surface area (Å²) < 4.78 is 32.0. The number of amides is 2. The number of benzene rings is 1. The third kappa shape index (κ3) is 3.85. The molecule has 0 N–H and O–H groups in total. The van der Waals surface area contributed by atoms with E-state index in [1.165, 1.54) is 4.31 Å². The lowest BCUT2D eigenvalue weighted by Gasteiger charge is -2.38. The third-order valence-corrected chi connectivity index (χ3v) is 6.81. The highest BCUT2D eigenvalue weighted by molar-refractivity contribution is 7.89. The number of aromatic nitrogens is 1. The molecule has 1 aromatic heterocycles. The maximum atomic E-state index is 12.4. The number of para-hydroxylation sites is 1. The molecule has 0 atom stereocenters. The Morgan fingerprint density at radius 3 is 2.50 bits per heavy atom. The molecule has 28 heavy (non-hydrogen) atoms. The highest BCUT2D eigenvalue weighted by atomic mass is 32.2. The molecule has 0 saturated carbocycles. The quantitative estimate of drug-likeness (QED) is 0.672. The number of likely N-dealkylation sites (tertiary alicyclic amines) is 1. The fourth-order valence-electron chi connectivity index (χ4n) is 3.37. The first kappa shape index (κ1) is 18.8. The number of carbonyl (C=O) groups excluding carboxylic acids is 2. The van der Waals surface area contributed by atoms with Gasteiger partial charge >= 0.3 is 0 Å². The molecule has 2 aliphatic rings. The molecule has 0 radical (unpaired) electrons. The van der Waals surface area contributed by atoms with Gasteiger partial charge in [0, 0.05) is 30.8 Å². The van der Waals surface area contributed by atoms with E-state index in [1.807, 2.05) is 30.3 Å². The second-order valence-electron chi connectivity index (χ2n) is 7.01. The molecule has 1 aromatic carbocycles. The van der Waals surface area contributed by atoms with Crippen molar-refractivity contribution in [3.05, 3.63) is 36.4 Å². The maximum Gasteiger partial charge on any atom is 0.229 e. The van der Waals surface area contributed by atoms with Crippen LogP contribution in [0.5, 0.6) is 5.88 Å². The van der Waals surface area contributed by atoms with Gasteiger partial charge < -0.3 is 4.74 Å². The van der Waals surface area contributed by atoms with Crippen LogP contribution in [0.4, 0.5) is 0 Å². The summed E-state index contributed by atoms with van der Waals surface area (Å²) >= 11 is 0. The Hall–Kier alpha value is -2.52. The largest absolute Gasteiger partial charge is 0.472 e. The number of sulfonamides is 1. The summed E-state index contributed by atoms with van der Waals surface area (Å²) in [5, 5.41) is 1.01. The van der Waals surface area contributed by atoms with Crippen LogP contribution >= 0.6 is 0 Å². The average molecular weight is 403 g/mol. The first-order valence-corrected chi connectivity index (χ1v) is 10.9. The van der Waals surface area contributed by atoms with Crippen molar-refractivity contribution in [3.63, 3.8) is 0 Å². The molecule has 0 bridgehead atoms. The molecule has 148 valence electrons. The van der Waals surface area contributed by atoms with E-state index >= 15 is 0 Å². The van der Waals surface area contributed by atoms with Crippen molar-refractivity contribution in [2.75, 3.05) is 25.4 Å². The summed E-state index contributed by atoms with van der Waals surface area (Å²) in [6.45, 7) is 0.381. The monoisotopic (exact) mass is 403 g/mol. The lowest BCUT2D eigenvalue weighted by atomic mass is 10.1. The Kier molecular flexibility index (Phi) is 5.03. The second kappa shape index (κ2) is 7.48. The van der Waals surface area contributed by atoms with Crippen molar-refractivity contribution >= 4 is 32.7 Å². The number of hydrogen-bond donors (Lipinski definition) is 0. The summed E-state index contributed by atoms with van der Waals surface area (Å²) in [5.41, 5.74) is 0.819. The number of piperidine rings is 1. The van der Waals surface area contributed by atoms with Gasteiger partial charge in [0.05, 0.1) is 24.4 Å². The Bertz CT molecular complexity index is 1000. The van der Waals surface area contributed by atoms with Gasteiger partial charge in [-0.15, -0.1) is 0 Å². The van der Waals surface area contributed by atoms with Crippen molar-refractivity contribution in [1.82, 2.24) is 14.2 Å². The van der Waals surface area contributed by atoms with Crippen LogP contribution in [0.3, 0.4) is 0 Å². The first-order valence-electron chi connectivity index (χ1n) is 9.26. The molecular weight excluding hydrogens is 382 g/mol. The van der Waals surface area contributed by atoms with Crippen LogP contribution in [0.2, 0.25) is 0 Å². The highest BCUT2D eigenvalue weighted by Gasteiger charge is 2.38. The fourth-order valence-corrected chi connectivity index (χ4v) is 4.83. The molecule has 4 rings (SSSR count). The van der Waals surface area contributed by atoms with Gasteiger partial charge in [0.2, 0.25) is 27.7 Å². The van der Waals surface area contributed by atoms with E-state index < -0.39 is 10.0 Å². The minimum atomic E-state index is -3.54. The van der Waals surface area contributed by atoms with Gasteiger partial charge in [-0.25, -0.2) is 13.4 Å². The van der Waals surface area contributed by atoms with Crippen molar-refractivity contribution in [3.8, 4) is 5.88 Å². The Morgan fingerprint density at radius 2 is 1.75 bits per heavy atom. The normalized spacial score (nSPS) is 19.1. The Labute approximate surface area is 163 Å². The zero-order valence-corrected chi connectivity index (χ0v) is 16.1. The molecule has 2 fully saturated rings. The number of pyridine rings is 1. The summed E-state index contributed by atoms with van der Waals surface area (Å²) in [7, 11) is -3.54. The predicted molar refractivity (Wildman–Crippen MR) is 102 cm³/mol. The second-order valence-corrected chi connectivity index (χ2v) is 9.10. The van der Waals surface area contributed by atoms with E-state index in [4.69, 9.17) is 4.74 Å². The minimum Gasteiger partial charge on any atom is -0.472 e.